The SMILES string of the molecule is CN1C[C@@H](C(=O)Nc2cccc(F)c2)C[C@H]1C1CCN(Cc2ccccn2)CC1. The molecular formula is C23H29FN4O. The van der Waals surface area contributed by atoms with Crippen LogP contribution in [0.3, 0.4) is 0 Å². The van der Waals surface area contributed by atoms with Crippen LogP contribution in [0.5, 0.6) is 0 Å². The molecule has 0 aliphatic carbocycles. The van der Waals surface area contributed by atoms with Crippen LogP contribution in [0.4, 0.5) is 10.1 Å². The Morgan fingerprint density at radius 1 is 1.21 bits per heavy atom. The van der Waals surface area contributed by atoms with Crippen molar-refractivity contribution >= 4 is 11.6 Å². The third-order valence-electron chi connectivity index (χ3n) is 6.35. The summed E-state index contributed by atoms with van der Waals surface area (Å²) >= 11 is 0. The van der Waals surface area contributed by atoms with E-state index in [2.05, 4.69) is 33.2 Å². The highest BCUT2D eigenvalue weighted by Crippen LogP contribution is 2.33. The van der Waals surface area contributed by atoms with E-state index in [1.54, 1.807) is 12.1 Å². The van der Waals surface area contributed by atoms with Crippen LogP contribution in [0, 0.1) is 17.7 Å². The van der Waals surface area contributed by atoms with Gasteiger partial charge in [0.25, 0.3) is 0 Å². The Labute approximate surface area is 171 Å². The van der Waals surface area contributed by atoms with Gasteiger partial charge in [-0.3, -0.25) is 14.7 Å². The molecule has 29 heavy (non-hydrogen) atoms. The van der Waals surface area contributed by atoms with Gasteiger partial charge in [-0.05, 0) is 75.6 Å². The Bertz CT molecular complexity index is 823. The van der Waals surface area contributed by atoms with Gasteiger partial charge in [-0.25, -0.2) is 4.39 Å². The van der Waals surface area contributed by atoms with Crippen molar-refractivity contribution in [1.29, 1.82) is 0 Å². The predicted molar refractivity (Wildman–Crippen MR) is 112 cm³/mol. The molecule has 5 nitrogen and oxygen atoms in total. The first-order valence-corrected chi connectivity index (χ1v) is 10.5. The molecule has 0 radical (unpaired) electrons. The molecule has 2 aliphatic heterocycles. The highest BCUT2D eigenvalue weighted by Gasteiger charge is 2.39. The molecule has 1 aromatic carbocycles. The number of anilines is 1. The lowest BCUT2D eigenvalue weighted by Crippen LogP contribution is -2.41. The predicted octanol–water partition coefficient (Wildman–Crippen LogP) is 3.39. The number of hydrogen-bond donors (Lipinski definition) is 1. The van der Waals surface area contributed by atoms with Crippen LogP contribution in [-0.4, -0.2) is 53.4 Å². The number of rotatable bonds is 5. The van der Waals surface area contributed by atoms with Crippen LogP contribution in [0.2, 0.25) is 0 Å². The normalized spacial score (nSPS) is 23.9. The first kappa shape index (κ1) is 20.0. The molecule has 1 aromatic heterocycles. The van der Waals surface area contributed by atoms with Crippen molar-refractivity contribution in [2.75, 3.05) is 32.0 Å². The van der Waals surface area contributed by atoms with E-state index in [9.17, 15) is 9.18 Å². The molecule has 0 bridgehead atoms. The van der Waals surface area contributed by atoms with Gasteiger partial charge in [0.2, 0.25) is 5.91 Å². The number of piperidine rings is 1. The van der Waals surface area contributed by atoms with Gasteiger partial charge in [-0.15, -0.1) is 0 Å². The summed E-state index contributed by atoms with van der Waals surface area (Å²) in [6.07, 6.45) is 5.04. The second kappa shape index (κ2) is 9.01. The number of aromatic nitrogens is 1. The second-order valence-electron chi connectivity index (χ2n) is 8.37. The molecule has 154 valence electrons. The number of pyridine rings is 1. The molecule has 4 rings (SSSR count). The summed E-state index contributed by atoms with van der Waals surface area (Å²) in [5.41, 5.74) is 1.65. The smallest absolute Gasteiger partial charge is 0.228 e. The van der Waals surface area contributed by atoms with E-state index in [4.69, 9.17) is 0 Å². The molecule has 1 amide bonds. The number of amides is 1. The standard InChI is InChI=1S/C23H29FN4O/c1-27-15-18(23(29)26-20-7-4-5-19(24)14-20)13-22(27)17-8-11-28(12-9-17)16-21-6-2-3-10-25-21/h2-7,10,14,17-18,22H,8-9,11-13,15-16H2,1H3,(H,26,29)/t18-,22-/m0/s1. The minimum absolute atomic E-state index is 0.00228. The molecule has 3 heterocycles. The van der Waals surface area contributed by atoms with Gasteiger partial charge in [-0.2, -0.15) is 0 Å². The number of benzene rings is 1. The molecule has 2 saturated heterocycles. The van der Waals surface area contributed by atoms with E-state index in [0.29, 0.717) is 17.6 Å². The zero-order valence-electron chi connectivity index (χ0n) is 16.9. The van der Waals surface area contributed by atoms with Crippen LogP contribution in [-0.2, 0) is 11.3 Å². The maximum atomic E-state index is 13.4. The van der Waals surface area contributed by atoms with Gasteiger partial charge >= 0.3 is 0 Å². The van der Waals surface area contributed by atoms with Crippen molar-refractivity contribution in [1.82, 2.24) is 14.8 Å². The second-order valence-corrected chi connectivity index (χ2v) is 8.37. The van der Waals surface area contributed by atoms with Gasteiger partial charge in [0, 0.05) is 31.0 Å². The van der Waals surface area contributed by atoms with E-state index in [1.807, 2.05) is 18.3 Å². The zero-order valence-corrected chi connectivity index (χ0v) is 16.9. The van der Waals surface area contributed by atoms with E-state index < -0.39 is 0 Å². The summed E-state index contributed by atoms with van der Waals surface area (Å²) in [7, 11) is 2.13. The molecule has 0 saturated carbocycles. The summed E-state index contributed by atoms with van der Waals surface area (Å²) in [5, 5.41) is 2.88. The summed E-state index contributed by atoms with van der Waals surface area (Å²) in [4.78, 5) is 21.9. The lowest BCUT2D eigenvalue weighted by Gasteiger charge is -2.37. The van der Waals surface area contributed by atoms with Crippen molar-refractivity contribution in [2.24, 2.45) is 11.8 Å². The van der Waals surface area contributed by atoms with Crippen LogP contribution in [0.15, 0.2) is 48.7 Å². The number of hydrogen-bond acceptors (Lipinski definition) is 4. The maximum absolute atomic E-state index is 13.4. The number of likely N-dealkylation sites (tertiary alicyclic amines) is 2. The number of halogens is 1. The van der Waals surface area contributed by atoms with Gasteiger partial charge in [0.15, 0.2) is 0 Å². The summed E-state index contributed by atoms with van der Waals surface area (Å²) in [5.74, 6) is 0.242. The van der Waals surface area contributed by atoms with Crippen molar-refractivity contribution in [2.45, 2.75) is 31.8 Å². The number of carbonyl (C=O) groups is 1. The fourth-order valence-electron chi connectivity index (χ4n) is 4.80. The third kappa shape index (κ3) is 5.00. The highest BCUT2D eigenvalue weighted by molar-refractivity contribution is 5.92. The van der Waals surface area contributed by atoms with E-state index in [1.165, 1.54) is 12.1 Å². The van der Waals surface area contributed by atoms with Crippen LogP contribution in [0.1, 0.15) is 25.0 Å². The Morgan fingerprint density at radius 2 is 2.03 bits per heavy atom. The molecule has 2 fully saturated rings. The largest absolute Gasteiger partial charge is 0.326 e. The molecule has 1 N–H and O–H groups in total. The average molecular weight is 397 g/mol. The number of nitrogens with zero attached hydrogens (tertiary/aromatic N) is 3. The molecule has 0 spiro atoms. The van der Waals surface area contributed by atoms with Gasteiger partial charge < -0.3 is 10.2 Å². The first-order valence-electron chi connectivity index (χ1n) is 10.5. The molecule has 2 atom stereocenters. The highest BCUT2D eigenvalue weighted by atomic mass is 19.1. The van der Waals surface area contributed by atoms with E-state index >= 15 is 0 Å². The molecule has 0 unspecified atom stereocenters. The van der Waals surface area contributed by atoms with E-state index in [-0.39, 0.29) is 17.6 Å². The Balaban J connectivity index is 1.28. The lowest BCUT2D eigenvalue weighted by atomic mass is 9.86. The monoisotopic (exact) mass is 396 g/mol. The maximum Gasteiger partial charge on any atom is 0.228 e. The van der Waals surface area contributed by atoms with E-state index in [0.717, 1.165) is 51.1 Å². The summed E-state index contributed by atoms with van der Waals surface area (Å²) in [6.45, 7) is 3.82. The van der Waals surface area contributed by atoms with Gasteiger partial charge in [-0.1, -0.05) is 12.1 Å². The molecule has 2 aromatic rings. The summed E-state index contributed by atoms with van der Waals surface area (Å²) < 4.78 is 13.4. The third-order valence-corrected chi connectivity index (χ3v) is 6.35. The van der Waals surface area contributed by atoms with Crippen molar-refractivity contribution in [3.05, 3.63) is 60.2 Å². The Hall–Kier alpha value is -2.31. The fraction of sp³-hybridized carbons (Fsp3) is 0.478. The lowest BCUT2D eigenvalue weighted by molar-refractivity contribution is -0.119. The minimum Gasteiger partial charge on any atom is -0.326 e. The molecular weight excluding hydrogens is 367 g/mol. The minimum atomic E-state index is -0.332. The quantitative estimate of drug-likeness (QED) is 0.842. The Morgan fingerprint density at radius 3 is 2.76 bits per heavy atom. The van der Waals surface area contributed by atoms with Crippen molar-refractivity contribution in [3.63, 3.8) is 0 Å². The zero-order chi connectivity index (χ0) is 20.2. The molecule has 2 aliphatic rings. The van der Waals surface area contributed by atoms with Gasteiger partial charge in [0.05, 0.1) is 11.6 Å². The first-order chi connectivity index (χ1) is 14.1. The number of nitrogens with one attached hydrogen (secondary N) is 1. The van der Waals surface area contributed by atoms with Crippen LogP contribution >= 0.6 is 0 Å². The summed E-state index contributed by atoms with van der Waals surface area (Å²) in [6, 6.07) is 12.6. The van der Waals surface area contributed by atoms with Crippen LogP contribution < -0.4 is 5.32 Å². The van der Waals surface area contributed by atoms with Crippen LogP contribution in [0.25, 0.3) is 0 Å². The molecule has 6 heteroatoms. The number of carbonyl (C=O) groups excluding carboxylic acids is 1. The van der Waals surface area contributed by atoms with Crippen molar-refractivity contribution < 1.29 is 9.18 Å². The fourth-order valence-corrected chi connectivity index (χ4v) is 4.80. The topological polar surface area (TPSA) is 48.5 Å². The van der Waals surface area contributed by atoms with Crippen molar-refractivity contribution in [3.8, 4) is 0 Å². The Kier molecular flexibility index (Phi) is 6.21. The van der Waals surface area contributed by atoms with Gasteiger partial charge in [0.1, 0.15) is 5.82 Å². The average Bonchev–Trinajstić information content (AvgIpc) is 3.11.